The Morgan fingerprint density at radius 1 is 0.970 bits per heavy atom. The lowest BCUT2D eigenvalue weighted by Gasteiger charge is -2.57. The molecule has 5 aliphatic carbocycles. The molecular formula is C28H29ClN2O2. The van der Waals surface area contributed by atoms with Gasteiger partial charge in [-0.15, -0.1) is 0 Å². The SMILES string of the molecule is O=[N+]([O-])c1ccc(Cl)c([C@@H]2Nc3ccc(C45CC6CC(CC(C6)C4)C5)cc3[C@@H]3C=CC[C@@H]32)c1. The fourth-order valence-corrected chi connectivity index (χ4v) is 8.81. The number of nitro benzene ring substituents is 1. The van der Waals surface area contributed by atoms with E-state index in [1.54, 1.807) is 17.7 Å². The zero-order valence-electron chi connectivity index (χ0n) is 18.7. The summed E-state index contributed by atoms with van der Waals surface area (Å²) in [7, 11) is 0. The average molecular weight is 461 g/mol. The van der Waals surface area contributed by atoms with Gasteiger partial charge in [-0.1, -0.05) is 35.9 Å². The van der Waals surface area contributed by atoms with Gasteiger partial charge in [0, 0.05) is 34.3 Å². The molecule has 0 aromatic heterocycles. The molecule has 33 heavy (non-hydrogen) atoms. The molecule has 3 atom stereocenters. The summed E-state index contributed by atoms with van der Waals surface area (Å²) in [4.78, 5) is 11.1. The van der Waals surface area contributed by atoms with E-state index in [9.17, 15) is 10.1 Å². The van der Waals surface area contributed by atoms with E-state index in [2.05, 4.69) is 35.7 Å². The van der Waals surface area contributed by atoms with Gasteiger partial charge in [-0.05, 0) is 97.3 Å². The van der Waals surface area contributed by atoms with E-state index >= 15 is 0 Å². The Morgan fingerprint density at radius 3 is 2.39 bits per heavy atom. The molecule has 5 heteroatoms. The van der Waals surface area contributed by atoms with Crippen molar-refractivity contribution in [2.24, 2.45) is 23.7 Å². The maximum Gasteiger partial charge on any atom is 0.269 e. The van der Waals surface area contributed by atoms with Crippen molar-refractivity contribution < 1.29 is 4.92 Å². The lowest BCUT2D eigenvalue weighted by atomic mass is 9.48. The Balaban J connectivity index is 1.28. The van der Waals surface area contributed by atoms with Crippen LogP contribution in [-0.4, -0.2) is 4.92 Å². The number of halogens is 1. The number of non-ortho nitro benzene ring substituents is 1. The maximum atomic E-state index is 11.4. The molecule has 0 saturated heterocycles. The Hall–Kier alpha value is -2.33. The number of hydrogen-bond donors (Lipinski definition) is 1. The lowest BCUT2D eigenvalue weighted by Crippen LogP contribution is -2.48. The normalized spacial score (nSPS) is 37.5. The monoisotopic (exact) mass is 460 g/mol. The summed E-state index contributed by atoms with van der Waals surface area (Å²) in [5.74, 6) is 3.46. The second kappa shape index (κ2) is 7.09. The fourth-order valence-electron chi connectivity index (χ4n) is 8.58. The summed E-state index contributed by atoms with van der Waals surface area (Å²) in [6.07, 6.45) is 14.1. The molecule has 0 amide bonds. The van der Waals surface area contributed by atoms with Gasteiger partial charge in [-0.2, -0.15) is 0 Å². The van der Waals surface area contributed by atoms with Crippen molar-refractivity contribution in [3.8, 4) is 0 Å². The van der Waals surface area contributed by atoms with Crippen molar-refractivity contribution in [3.05, 3.63) is 80.4 Å². The molecule has 1 heterocycles. The molecule has 4 saturated carbocycles. The van der Waals surface area contributed by atoms with Crippen molar-refractivity contribution in [1.82, 2.24) is 0 Å². The molecule has 0 unspecified atom stereocenters. The van der Waals surface area contributed by atoms with E-state index in [1.165, 1.54) is 50.2 Å². The quantitative estimate of drug-likeness (QED) is 0.292. The summed E-state index contributed by atoms with van der Waals surface area (Å²) in [6, 6.07) is 12.0. The predicted molar refractivity (Wildman–Crippen MR) is 131 cm³/mol. The standard InChI is InChI=1S/C28H29ClN2O2/c29-25-6-5-20(31(32)33)12-24(25)27-22-3-1-2-21(22)23-11-19(4-7-26(23)30-27)28-13-16-8-17(14-28)10-18(9-16)15-28/h1-2,4-7,11-12,16-18,21-22,27,30H,3,8-10,13-15H2/t16?,17?,18?,21-,22+,27-,28?/m1/s1. The van der Waals surface area contributed by atoms with Crippen LogP contribution in [0.2, 0.25) is 5.02 Å². The summed E-state index contributed by atoms with van der Waals surface area (Å²) in [6.45, 7) is 0. The third-order valence-corrected chi connectivity index (χ3v) is 9.88. The number of nitro groups is 1. The van der Waals surface area contributed by atoms with Crippen molar-refractivity contribution in [1.29, 1.82) is 0 Å². The van der Waals surface area contributed by atoms with Gasteiger partial charge in [0.05, 0.1) is 11.0 Å². The molecule has 0 radical (unpaired) electrons. The summed E-state index contributed by atoms with van der Waals surface area (Å²) >= 11 is 6.57. The zero-order valence-corrected chi connectivity index (χ0v) is 19.4. The minimum atomic E-state index is -0.335. The first kappa shape index (κ1) is 20.1. The van der Waals surface area contributed by atoms with Crippen LogP contribution in [0, 0.1) is 33.8 Å². The highest BCUT2D eigenvalue weighted by molar-refractivity contribution is 6.31. The Morgan fingerprint density at radius 2 is 1.70 bits per heavy atom. The van der Waals surface area contributed by atoms with Crippen LogP contribution < -0.4 is 5.32 Å². The first-order valence-electron chi connectivity index (χ1n) is 12.5. The average Bonchev–Trinajstić information content (AvgIpc) is 3.28. The van der Waals surface area contributed by atoms with Crippen LogP contribution >= 0.6 is 11.6 Å². The van der Waals surface area contributed by atoms with Gasteiger partial charge in [-0.25, -0.2) is 0 Å². The second-order valence-corrected chi connectivity index (χ2v) is 11.8. The van der Waals surface area contributed by atoms with Gasteiger partial charge in [0.1, 0.15) is 0 Å². The van der Waals surface area contributed by atoms with Gasteiger partial charge in [0.2, 0.25) is 0 Å². The third-order valence-electron chi connectivity index (χ3n) is 9.54. The van der Waals surface area contributed by atoms with E-state index in [0.29, 0.717) is 22.3 Å². The smallest absolute Gasteiger partial charge is 0.269 e. The number of rotatable bonds is 3. The van der Waals surface area contributed by atoms with Gasteiger partial charge in [0.25, 0.3) is 5.69 Å². The Kier molecular flexibility index (Phi) is 4.31. The minimum absolute atomic E-state index is 0.0321. The molecule has 4 bridgehead atoms. The molecule has 6 aliphatic rings. The molecule has 0 spiro atoms. The minimum Gasteiger partial charge on any atom is -0.378 e. The van der Waals surface area contributed by atoms with Gasteiger partial charge in [0.15, 0.2) is 0 Å². The first-order chi connectivity index (χ1) is 16.0. The number of fused-ring (bicyclic) bond motifs is 3. The summed E-state index contributed by atoms with van der Waals surface area (Å²) in [5.41, 5.74) is 5.45. The predicted octanol–water partition coefficient (Wildman–Crippen LogP) is 7.54. The lowest BCUT2D eigenvalue weighted by molar-refractivity contribution is -0.384. The largest absolute Gasteiger partial charge is 0.378 e. The highest BCUT2D eigenvalue weighted by Gasteiger charge is 2.52. The van der Waals surface area contributed by atoms with Crippen molar-refractivity contribution in [2.45, 2.75) is 62.3 Å². The second-order valence-electron chi connectivity index (χ2n) is 11.4. The van der Waals surface area contributed by atoms with E-state index < -0.39 is 0 Å². The fraction of sp³-hybridized carbons (Fsp3) is 0.500. The number of nitrogens with one attached hydrogen (secondary N) is 1. The van der Waals surface area contributed by atoms with E-state index in [1.807, 2.05) is 0 Å². The van der Waals surface area contributed by atoms with Crippen LogP contribution in [0.3, 0.4) is 0 Å². The number of nitrogens with zero attached hydrogens (tertiary/aromatic N) is 1. The third kappa shape index (κ3) is 3.02. The van der Waals surface area contributed by atoms with Crippen LogP contribution in [0.5, 0.6) is 0 Å². The molecule has 2 aromatic carbocycles. The molecule has 4 fully saturated rings. The van der Waals surface area contributed by atoms with Crippen LogP contribution in [0.1, 0.15) is 73.6 Å². The van der Waals surface area contributed by atoms with Crippen LogP contribution in [-0.2, 0) is 5.41 Å². The molecule has 170 valence electrons. The summed E-state index contributed by atoms with van der Waals surface area (Å²) in [5, 5.41) is 15.7. The number of allylic oxidation sites excluding steroid dienone is 2. The van der Waals surface area contributed by atoms with E-state index in [4.69, 9.17) is 11.6 Å². The molecule has 4 nitrogen and oxygen atoms in total. The van der Waals surface area contributed by atoms with Gasteiger partial charge < -0.3 is 5.32 Å². The zero-order chi connectivity index (χ0) is 22.3. The number of anilines is 1. The van der Waals surface area contributed by atoms with Crippen LogP contribution in [0.15, 0.2) is 48.6 Å². The van der Waals surface area contributed by atoms with Crippen molar-refractivity contribution in [2.75, 3.05) is 5.32 Å². The van der Waals surface area contributed by atoms with E-state index in [-0.39, 0.29) is 16.7 Å². The molecule has 8 rings (SSSR count). The highest BCUT2D eigenvalue weighted by Crippen LogP contribution is 2.61. The Bertz CT molecular complexity index is 1150. The first-order valence-corrected chi connectivity index (χ1v) is 12.9. The molecule has 2 aromatic rings. The van der Waals surface area contributed by atoms with Gasteiger partial charge >= 0.3 is 0 Å². The van der Waals surface area contributed by atoms with Crippen molar-refractivity contribution >= 4 is 23.0 Å². The van der Waals surface area contributed by atoms with Crippen LogP contribution in [0.4, 0.5) is 11.4 Å². The van der Waals surface area contributed by atoms with Crippen LogP contribution in [0.25, 0.3) is 0 Å². The van der Waals surface area contributed by atoms with E-state index in [0.717, 1.165) is 35.4 Å². The molecule has 1 N–H and O–H groups in total. The van der Waals surface area contributed by atoms with Gasteiger partial charge in [-0.3, -0.25) is 10.1 Å². The number of benzene rings is 2. The molecular weight excluding hydrogens is 432 g/mol. The maximum absolute atomic E-state index is 11.4. The summed E-state index contributed by atoms with van der Waals surface area (Å²) < 4.78 is 0. The number of hydrogen-bond acceptors (Lipinski definition) is 3. The Labute approximate surface area is 199 Å². The molecule has 1 aliphatic heterocycles. The van der Waals surface area contributed by atoms with Crippen molar-refractivity contribution in [3.63, 3.8) is 0 Å². The highest BCUT2D eigenvalue weighted by atomic mass is 35.5. The topological polar surface area (TPSA) is 55.2 Å².